The van der Waals surface area contributed by atoms with Crippen LogP contribution in [0.4, 0.5) is 0 Å². The van der Waals surface area contributed by atoms with E-state index >= 15 is 0 Å². The van der Waals surface area contributed by atoms with Gasteiger partial charge in [0.25, 0.3) is 0 Å². The molecule has 0 saturated carbocycles. The fourth-order valence-corrected chi connectivity index (χ4v) is 11.1. The second kappa shape index (κ2) is 3.86. The van der Waals surface area contributed by atoms with Gasteiger partial charge in [0.05, 0.1) is 0 Å². The summed E-state index contributed by atoms with van der Waals surface area (Å²) in [4.78, 5) is 2.44. The molecule has 7 heavy (non-hydrogen) atoms. The third kappa shape index (κ3) is 3.50. The molecule has 1 saturated heterocycles. The Morgan fingerprint density at radius 2 is 2.57 bits per heavy atom. The van der Waals surface area contributed by atoms with E-state index in [1.807, 2.05) is 0 Å². The number of thioether (sulfide) groups is 1. The van der Waals surface area contributed by atoms with Gasteiger partial charge in [0, 0.05) is 0 Å². The van der Waals surface area contributed by atoms with Gasteiger partial charge in [0.1, 0.15) is 0 Å². The van der Waals surface area contributed by atoms with Crippen molar-refractivity contribution in [2.75, 3.05) is 5.75 Å². The average molecular weight is 343 g/mol. The first-order valence-electron chi connectivity index (χ1n) is 2.20. The Morgan fingerprint density at radius 1 is 1.86 bits per heavy atom. The minimum atomic E-state index is 0.590. The molecule has 0 aromatic rings. The van der Waals surface area contributed by atoms with E-state index in [9.17, 15) is 0 Å². The first-order valence-corrected chi connectivity index (χ1v) is 14.6. The van der Waals surface area contributed by atoms with Crippen LogP contribution in [0.15, 0.2) is 0 Å². The van der Waals surface area contributed by atoms with Crippen LogP contribution < -0.4 is 0 Å². The standard InChI is InChI=1S/C4H8STe2/c1-6-7-3-4-2-5-4/h4H,2-3H2,1H3. The summed E-state index contributed by atoms with van der Waals surface area (Å²) in [5.41, 5.74) is 0. The number of rotatable bonds is 3. The van der Waals surface area contributed by atoms with Gasteiger partial charge in [-0.25, -0.2) is 0 Å². The third-order valence-electron chi connectivity index (χ3n) is 0.774. The molecule has 3 heteroatoms. The Hall–Kier alpha value is 1.93. The van der Waals surface area contributed by atoms with Crippen LogP contribution in [-0.2, 0) is 0 Å². The molecule has 1 heterocycles. The van der Waals surface area contributed by atoms with Crippen LogP contribution in [0.25, 0.3) is 0 Å². The van der Waals surface area contributed by atoms with E-state index in [4.69, 9.17) is 0 Å². The van der Waals surface area contributed by atoms with Crippen LogP contribution in [0.2, 0.25) is 9.44 Å². The monoisotopic (exact) mass is 348 g/mol. The second-order valence-electron chi connectivity index (χ2n) is 1.41. The van der Waals surface area contributed by atoms with Gasteiger partial charge < -0.3 is 0 Å². The molecule has 0 aromatic heterocycles. The Balaban J connectivity index is 1.80. The second-order valence-corrected chi connectivity index (χ2v) is 16.2. The van der Waals surface area contributed by atoms with E-state index in [2.05, 4.69) is 16.7 Å². The molecular formula is C4H8STe2. The van der Waals surface area contributed by atoms with Crippen molar-refractivity contribution in [1.29, 1.82) is 0 Å². The first kappa shape index (κ1) is 7.04. The molecule has 1 rings (SSSR count). The van der Waals surface area contributed by atoms with Crippen molar-refractivity contribution in [2.45, 2.75) is 14.7 Å². The van der Waals surface area contributed by atoms with Crippen molar-refractivity contribution >= 4 is 45.9 Å². The van der Waals surface area contributed by atoms with E-state index in [1.165, 1.54) is 5.75 Å². The zero-order valence-electron chi connectivity index (χ0n) is 4.22. The maximum absolute atomic E-state index is 2.44. The Labute approximate surface area is 65.5 Å². The molecule has 1 unspecified atom stereocenters. The molecule has 0 N–H and O–H groups in total. The molecule has 1 aliphatic heterocycles. The Kier molecular flexibility index (Phi) is 3.88. The summed E-state index contributed by atoms with van der Waals surface area (Å²) >= 11 is 3.36. The van der Waals surface area contributed by atoms with Crippen molar-refractivity contribution in [3.8, 4) is 0 Å². The normalized spacial score (nSPS) is 27.9. The van der Waals surface area contributed by atoms with Gasteiger partial charge in [0.15, 0.2) is 0 Å². The third-order valence-corrected chi connectivity index (χ3v) is 11.7. The first-order chi connectivity index (χ1) is 3.43. The van der Waals surface area contributed by atoms with Crippen LogP contribution in [0.5, 0.6) is 0 Å². The Morgan fingerprint density at radius 3 is 3.00 bits per heavy atom. The van der Waals surface area contributed by atoms with Crippen molar-refractivity contribution in [2.24, 2.45) is 0 Å². The summed E-state index contributed by atoms with van der Waals surface area (Å²) in [6.07, 6.45) is 0. The Bertz CT molecular complexity index is 53.7. The summed E-state index contributed by atoms with van der Waals surface area (Å²) in [7, 11) is 0. The summed E-state index contributed by atoms with van der Waals surface area (Å²) in [5, 5.41) is 1.16. The van der Waals surface area contributed by atoms with Gasteiger partial charge in [-0.3, -0.25) is 0 Å². The van der Waals surface area contributed by atoms with Crippen molar-refractivity contribution in [3.63, 3.8) is 0 Å². The van der Waals surface area contributed by atoms with Gasteiger partial charge in [-0.15, -0.1) is 0 Å². The molecule has 0 nitrogen and oxygen atoms in total. The van der Waals surface area contributed by atoms with Crippen molar-refractivity contribution < 1.29 is 0 Å². The van der Waals surface area contributed by atoms with E-state index in [1.54, 1.807) is 4.47 Å². The predicted molar refractivity (Wildman–Crippen MR) is 38.4 cm³/mol. The van der Waals surface area contributed by atoms with Crippen molar-refractivity contribution in [3.05, 3.63) is 0 Å². The van der Waals surface area contributed by atoms with Crippen LogP contribution in [0.3, 0.4) is 0 Å². The van der Waals surface area contributed by atoms with Gasteiger partial charge >= 0.3 is 66.3 Å². The summed E-state index contributed by atoms with van der Waals surface area (Å²) in [5.74, 6) is 1.50. The maximum atomic E-state index is 2.44. The fraction of sp³-hybridized carbons (Fsp3) is 1.00. The van der Waals surface area contributed by atoms with Crippen LogP contribution in [-0.4, -0.2) is 45.1 Å². The summed E-state index contributed by atoms with van der Waals surface area (Å²) in [6.45, 7) is 0. The quantitative estimate of drug-likeness (QED) is 0.542. The van der Waals surface area contributed by atoms with E-state index in [0.29, 0.717) is 34.1 Å². The van der Waals surface area contributed by atoms with E-state index < -0.39 is 0 Å². The molecule has 0 radical (unpaired) electrons. The molecular weight excluding hydrogens is 335 g/mol. The zero-order chi connectivity index (χ0) is 5.11. The topological polar surface area (TPSA) is 0 Å². The molecule has 0 aliphatic carbocycles. The molecule has 0 bridgehead atoms. The molecule has 0 amide bonds. The number of hydrogen-bond donors (Lipinski definition) is 0. The van der Waals surface area contributed by atoms with Gasteiger partial charge in [-0.1, -0.05) is 0 Å². The van der Waals surface area contributed by atoms with Gasteiger partial charge in [0.2, 0.25) is 0 Å². The molecule has 42 valence electrons. The minimum absolute atomic E-state index is 0.590. The van der Waals surface area contributed by atoms with E-state index in [0.717, 1.165) is 5.25 Å². The molecule has 0 aromatic carbocycles. The summed E-state index contributed by atoms with van der Waals surface area (Å²) in [6, 6.07) is 0. The van der Waals surface area contributed by atoms with Gasteiger partial charge in [-0.2, -0.15) is 0 Å². The number of hydrogen-bond acceptors (Lipinski definition) is 1. The van der Waals surface area contributed by atoms with Gasteiger partial charge in [-0.05, 0) is 0 Å². The summed E-state index contributed by atoms with van der Waals surface area (Å²) < 4.78 is 1.66. The van der Waals surface area contributed by atoms with Crippen molar-refractivity contribution in [1.82, 2.24) is 0 Å². The fourth-order valence-electron chi connectivity index (χ4n) is 0.308. The average Bonchev–Trinajstić information content (AvgIpc) is 2.42. The van der Waals surface area contributed by atoms with Crippen LogP contribution in [0, 0.1) is 0 Å². The zero-order valence-corrected chi connectivity index (χ0v) is 9.69. The van der Waals surface area contributed by atoms with E-state index in [-0.39, 0.29) is 0 Å². The molecule has 1 fully saturated rings. The predicted octanol–water partition coefficient (Wildman–Crippen LogP) is 0.892. The molecule has 1 aliphatic rings. The molecule has 1 atom stereocenters. The van der Waals surface area contributed by atoms with Crippen LogP contribution in [0.1, 0.15) is 0 Å². The SMILES string of the molecule is C[Te][Te]CC1CS1. The molecule has 0 spiro atoms. The van der Waals surface area contributed by atoms with Crippen LogP contribution >= 0.6 is 11.8 Å².